The molecule has 0 saturated carbocycles. The van der Waals surface area contributed by atoms with Crippen LogP contribution in [0.25, 0.3) is 22.4 Å². The molecule has 0 saturated heterocycles. The summed E-state index contributed by atoms with van der Waals surface area (Å²) in [5, 5.41) is 20.1. The van der Waals surface area contributed by atoms with Gasteiger partial charge in [-0.05, 0) is 37.1 Å². The first-order valence-electron chi connectivity index (χ1n) is 8.79. The van der Waals surface area contributed by atoms with Crippen molar-refractivity contribution in [3.8, 4) is 17.1 Å². The zero-order valence-corrected chi connectivity index (χ0v) is 16.6. The first-order valence-corrected chi connectivity index (χ1v) is 9.77. The lowest BCUT2D eigenvalue weighted by molar-refractivity contribution is 0.468. The standard InChI is InChI=1S/C21H19N3O3S/c1-12-6-4-5-7-15(12)20-22-23-21(24(20)3)28-11-14-10-18(26)27-19-13(2)17(25)9-8-16(14)19/h4-10,25H,11H2,1-3H3. The van der Waals surface area contributed by atoms with Crippen LogP contribution in [0.15, 0.2) is 56.8 Å². The van der Waals surface area contributed by atoms with E-state index in [1.165, 1.54) is 17.8 Å². The van der Waals surface area contributed by atoms with E-state index in [9.17, 15) is 9.90 Å². The second-order valence-corrected chi connectivity index (χ2v) is 7.59. The number of phenolic OH excluding ortho intramolecular Hbond substituents is 1. The summed E-state index contributed by atoms with van der Waals surface area (Å²) < 4.78 is 7.26. The molecular weight excluding hydrogens is 374 g/mol. The highest BCUT2D eigenvalue weighted by Crippen LogP contribution is 2.31. The van der Waals surface area contributed by atoms with Crippen LogP contribution in [0.5, 0.6) is 5.75 Å². The third-order valence-corrected chi connectivity index (χ3v) is 5.86. The third kappa shape index (κ3) is 3.18. The van der Waals surface area contributed by atoms with Crippen LogP contribution in [0.4, 0.5) is 0 Å². The summed E-state index contributed by atoms with van der Waals surface area (Å²) in [5.74, 6) is 1.45. The van der Waals surface area contributed by atoms with Crippen LogP contribution in [0.3, 0.4) is 0 Å². The van der Waals surface area contributed by atoms with Gasteiger partial charge in [0.15, 0.2) is 11.0 Å². The number of hydrogen-bond donors (Lipinski definition) is 1. The molecule has 2 aromatic carbocycles. The van der Waals surface area contributed by atoms with Gasteiger partial charge in [0.2, 0.25) is 0 Å². The van der Waals surface area contributed by atoms with Gasteiger partial charge in [-0.2, -0.15) is 0 Å². The molecular formula is C21H19N3O3S. The second kappa shape index (κ2) is 7.16. The largest absolute Gasteiger partial charge is 0.508 e. The third-order valence-electron chi connectivity index (χ3n) is 4.80. The SMILES string of the molecule is Cc1ccccc1-c1nnc(SCc2cc(=O)oc3c(C)c(O)ccc23)n1C. The maximum Gasteiger partial charge on any atom is 0.336 e. The van der Waals surface area contributed by atoms with Gasteiger partial charge in [-0.25, -0.2) is 4.79 Å². The normalized spacial score (nSPS) is 11.2. The average molecular weight is 393 g/mol. The number of benzene rings is 2. The molecule has 6 nitrogen and oxygen atoms in total. The van der Waals surface area contributed by atoms with Crippen molar-refractivity contribution >= 4 is 22.7 Å². The summed E-state index contributed by atoms with van der Waals surface area (Å²) in [6.45, 7) is 3.78. The maximum absolute atomic E-state index is 12.0. The molecule has 0 aliphatic rings. The molecule has 4 aromatic rings. The van der Waals surface area contributed by atoms with Crippen molar-refractivity contribution < 1.29 is 9.52 Å². The molecule has 2 aromatic heterocycles. The Morgan fingerprint density at radius 1 is 1.14 bits per heavy atom. The number of phenols is 1. The van der Waals surface area contributed by atoms with Crippen LogP contribution in [-0.4, -0.2) is 19.9 Å². The molecule has 0 amide bonds. The highest BCUT2D eigenvalue weighted by atomic mass is 32.2. The summed E-state index contributed by atoms with van der Waals surface area (Å²) in [7, 11) is 1.93. The van der Waals surface area contributed by atoms with Crippen LogP contribution in [0, 0.1) is 13.8 Å². The highest BCUT2D eigenvalue weighted by molar-refractivity contribution is 7.98. The van der Waals surface area contributed by atoms with E-state index in [0.29, 0.717) is 16.9 Å². The molecule has 0 aliphatic carbocycles. The van der Waals surface area contributed by atoms with Crippen molar-refractivity contribution in [1.82, 2.24) is 14.8 Å². The molecule has 142 valence electrons. The summed E-state index contributed by atoms with van der Waals surface area (Å²) in [6.07, 6.45) is 0. The van der Waals surface area contributed by atoms with E-state index >= 15 is 0 Å². The minimum absolute atomic E-state index is 0.108. The molecule has 0 unspecified atom stereocenters. The molecule has 0 aliphatic heterocycles. The first-order chi connectivity index (χ1) is 13.5. The quantitative estimate of drug-likeness (QED) is 0.413. The smallest absolute Gasteiger partial charge is 0.336 e. The predicted molar refractivity (Wildman–Crippen MR) is 110 cm³/mol. The van der Waals surface area contributed by atoms with Crippen LogP contribution in [-0.2, 0) is 12.8 Å². The van der Waals surface area contributed by atoms with Crippen LogP contribution in [0.1, 0.15) is 16.7 Å². The van der Waals surface area contributed by atoms with Gasteiger partial charge in [-0.15, -0.1) is 10.2 Å². The van der Waals surface area contributed by atoms with Crippen molar-refractivity contribution in [3.63, 3.8) is 0 Å². The van der Waals surface area contributed by atoms with Crippen molar-refractivity contribution in [2.45, 2.75) is 24.8 Å². The van der Waals surface area contributed by atoms with Crippen molar-refractivity contribution in [1.29, 1.82) is 0 Å². The fraction of sp³-hybridized carbons (Fsp3) is 0.190. The van der Waals surface area contributed by atoms with Gasteiger partial charge in [-0.3, -0.25) is 0 Å². The van der Waals surface area contributed by atoms with Crippen LogP contribution < -0.4 is 5.63 Å². The molecule has 28 heavy (non-hydrogen) atoms. The molecule has 0 fully saturated rings. The number of aromatic nitrogens is 3. The topological polar surface area (TPSA) is 81.2 Å². The van der Waals surface area contributed by atoms with E-state index in [1.807, 2.05) is 42.8 Å². The minimum Gasteiger partial charge on any atom is -0.508 e. The summed E-state index contributed by atoms with van der Waals surface area (Å²) >= 11 is 1.50. The number of thioether (sulfide) groups is 1. The van der Waals surface area contributed by atoms with E-state index in [-0.39, 0.29) is 5.75 Å². The number of hydrogen-bond acceptors (Lipinski definition) is 6. The Balaban J connectivity index is 1.67. The highest BCUT2D eigenvalue weighted by Gasteiger charge is 2.15. The predicted octanol–water partition coefficient (Wildman–Crippen LogP) is 4.20. The Bertz CT molecular complexity index is 1240. The van der Waals surface area contributed by atoms with Gasteiger partial charge in [-0.1, -0.05) is 36.0 Å². The number of nitrogens with zero attached hydrogens (tertiary/aromatic N) is 3. The number of aryl methyl sites for hydroxylation is 2. The van der Waals surface area contributed by atoms with Crippen LogP contribution >= 0.6 is 11.8 Å². The summed E-state index contributed by atoms with van der Waals surface area (Å²) in [5.41, 5.74) is 3.55. The summed E-state index contributed by atoms with van der Waals surface area (Å²) in [6, 6.07) is 12.9. The van der Waals surface area contributed by atoms with E-state index in [0.717, 1.165) is 33.1 Å². The van der Waals surface area contributed by atoms with Gasteiger partial charge in [0.05, 0.1) is 0 Å². The number of rotatable bonds is 4. The maximum atomic E-state index is 12.0. The van der Waals surface area contributed by atoms with Crippen molar-refractivity contribution in [2.24, 2.45) is 7.05 Å². The molecule has 0 bridgehead atoms. The molecule has 0 atom stereocenters. The molecule has 1 N–H and O–H groups in total. The molecule has 7 heteroatoms. The minimum atomic E-state index is -0.435. The zero-order chi connectivity index (χ0) is 19.8. The Morgan fingerprint density at radius 3 is 2.71 bits per heavy atom. The van der Waals surface area contributed by atoms with Crippen molar-refractivity contribution in [3.05, 3.63) is 69.6 Å². The van der Waals surface area contributed by atoms with E-state index in [4.69, 9.17) is 4.42 Å². The molecule has 0 spiro atoms. The Morgan fingerprint density at radius 2 is 1.93 bits per heavy atom. The van der Waals surface area contributed by atoms with E-state index in [1.54, 1.807) is 19.1 Å². The molecule has 2 heterocycles. The average Bonchev–Trinajstić information content (AvgIpc) is 3.04. The van der Waals surface area contributed by atoms with E-state index < -0.39 is 5.63 Å². The number of aromatic hydroxyl groups is 1. The summed E-state index contributed by atoms with van der Waals surface area (Å²) in [4.78, 5) is 12.0. The van der Waals surface area contributed by atoms with Gasteiger partial charge in [0, 0.05) is 35.4 Å². The Hall–Kier alpha value is -3.06. The lowest BCUT2D eigenvalue weighted by atomic mass is 10.1. The Labute approximate surface area is 165 Å². The lowest BCUT2D eigenvalue weighted by Crippen LogP contribution is -2.01. The fourth-order valence-corrected chi connectivity index (χ4v) is 4.08. The molecule has 0 radical (unpaired) electrons. The monoisotopic (exact) mass is 393 g/mol. The van der Waals surface area contributed by atoms with Crippen molar-refractivity contribution in [2.75, 3.05) is 0 Å². The van der Waals surface area contributed by atoms with Crippen LogP contribution in [0.2, 0.25) is 0 Å². The van der Waals surface area contributed by atoms with Gasteiger partial charge in [0.25, 0.3) is 0 Å². The molecule has 4 rings (SSSR count). The van der Waals surface area contributed by atoms with Gasteiger partial charge < -0.3 is 14.1 Å². The van der Waals surface area contributed by atoms with E-state index in [2.05, 4.69) is 10.2 Å². The number of fused-ring (bicyclic) bond motifs is 1. The van der Waals surface area contributed by atoms with Gasteiger partial charge in [0.1, 0.15) is 11.3 Å². The fourth-order valence-electron chi connectivity index (χ4n) is 3.18. The first kappa shape index (κ1) is 18.3. The Kier molecular flexibility index (Phi) is 4.68. The second-order valence-electron chi connectivity index (χ2n) is 6.65. The van der Waals surface area contributed by atoms with Gasteiger partial charge >= 0.3 is 5.63 Å². The lowest BCUT2D eigenvalue weighted by Gasteiger charge is -2.09. The zero-order valence-electron chi connectivity index (χ0n) is 15.8.